The summed E-state index contributed by atoms with van der Waals surface area (Å²) in [6.07, 6.45) is 1.65. The highest BCUT2D eigenvalue weighted by Gasteiger charge is 2.33. The number of hydrogen-bond donors (Lipinski definition) is 0. The lowest BCUT2D eigenvalue weighted by atomic mass is 10.1. The summed E-state index contributed by atoms with van der Waals surface area (Å²) >= 11 is 13.7. The summed E-state index contributed by atoms with van der Waals surface area (Å²) < 4.78 is 37.0. The summed E-state index contributed by atoms with van der Waals surface area (Å²) in [5, 5.41) is 3.01. The molecule has 4 rings (SSSR count). The Kier molecular flexibility index (Phi) is 7.38. The summed E-state index contributed by atoms with van der Waals surface area (Å²) in [7, 11) is -0.291. The summed E-state index contributed by atoms with van der Waals surface area (Å²) in [5.41, 5.74) is 1.97. The minimum absolute atomic E-state index is 0.111. The van der Waals surface area contributed by atoms with E-state index in [1.165, 1.54) is 12.1 Å². The van der Waals surface area contributed by atoms with Gasteiger partial charge >= 0.3 is 0 Å². The molecule has 0 atom stereocenters. The van der Waals surface area contributed by atoms with Crippen molar-refractivity contribution >= 4 is 49.5 Å². The third-order valence-electron chi connectivity index (χ3n) is 5.76. The first kappa shape index (κ1) is 24.1. The van der Waals surface area contributed by atoms with E-state index in [4.69, 9.17) is 37.7 Å². The second-order valence-electron chi connectivity index (χ2n) is 7.78. The molecule has 0 saturated carbocycles. The number of nitrogens with zero attached hydrogens (tertiary/aromatic N) is 2. The highest BCUT2D eigenvalue weighted by atomic mass is 35.5. The zero-order valence-corrected chi connectivity index (χ0v) is 21.4. The van der Waals surface area contributed by atoms with Crippen molar-refractivity contribution in [2.75, 3.05) is 32.2 Å². The largest absolute Gasteiger partial charge is 0.497 e. The fourth-order valence-electron chi connectivity index (χ4n) is 3.95. The minimum Gasteiger partial charge on any atom is -0.497 e. The number of thiazole rings is 1. The van der Waals surface area contributed by atoms with Crippen LogP contribution in [0.2, 0.25) is 10.0 Å². The first-order valence-corrected chi connectivity index (χ1v) is 13.6. The molecule has 2 heterocycles. The number of sulfone groups is 1. The fourth-order valence-corrected chi connectivity index (χ4v) is 7.33. The van der Waals surface area contributed by atoms with Gasteiger partial charge in [-0.3, -0.25) is 0 Å². The molecular formula is C23H24Cl2N2O4S2. The van der Waals surface area contributed by atoms with Crippen LogP contribution in [0.5, 0.6) is 11.5 Å². The van der Waals surface area contributed by atoms with Crippen LogP contribution in [0.4, 0.5) is 5.13 Å². The van der Waals surface area contributed by atoms with Crippen LogP contribution in [0.1, 0.15) is 24.1 Å². The average Bonchev–Trinajstić information content (AvgIpc) is 3.29. The smallest absolute Gasteiger partial charge is 0.185 e. The molecule has 6 nitrogen and oxygen atoms in total. The van der Waals surface area contributed by atoms with Gasteiger partial charge in [0.2, 0.25) is 0 Å². The Morgan fingerprint density at radius 3 is 2.55 bits per heavy atom. The van der Waals surface area contributed by atoms with E-state index in [1.54, 1.807) is 31.6 Å². The van der Waals surface area contributed by atoms with Crippen LogP contribution in [0.25, 0.3) is 0 Å². The van der Waals surface area contributed by atoms with Gasteiger partial charge in [-0.1, -0.05) is 29.3 Å². The van der Waals surface area contributed by atoms with Gasteiger partial charge in [0.15, 0.2) is 15.0 Å². The number of ether oxygens (including phenoxy) is 2. The van der Waals surface area contributed by atoms with Gasteiger partial charge in [-0.2, -0.15) is 0 Å². The number of halogens is 2. The van der Waals surface area contributed by atoms with Crippen molar-refractivity contribution in [3.63, 3.8) is 0 Å². The SMILES string of the molecule is COc1ccc(Cc2csc(N3CCC(S(=O)(=O)c4cc(Cl)ccc4Cl)CC3)n2)c(OC)c1. The first-order valence-electron chi connectivity index (χ1n) is 10.4. The molecule has 3 aromatic rings. The topological polar surface area (TPSA) is 68.7 Å². The number of hydrogen-bond acceptors (Lipinski definition) is 7. The Hall–Kier alpha value is -2.00. The van der Waals surface area contributed by atoms with Crippen molar-refractivity contribution in [3.05, 3.63) is 63.1 Å². The monoisotopic (exact) mass is 526 g/mol. The van der Waals surface area contributed by atoms with Crippen molar-refractivity contribution in [3.8, 4) is 11.5 Å². The molecule has 0 spiro atoms. The molecule has 0 aliphatic carbocycles. The normalized spacial score (nSPS) is 15.0. The van der Waals surface area contributed by atoms with Gasteiger partial charge in [-0.05, 0) is 37.1 Å². The first-order chi connectivity index (χ1) is 15.8. The summed E-state index contributed by atoms with van der Waals surface area (Å²) in [5.74, 6) is 1.50. The number of piperidine rings is 1. The lowest BCUT2D eigenvalue weighted by Crippen LogP contribution is -2.39. The molecule has 33 heavy (non-hydrogen) atoms. The maximum atomic E-state index is 13.1. The number of aromatic nitrogens is 1. The quantitative estimate of drug-likeness (QED) is 0.404. The molecule has 1 aliphatic rings. The van der Waals surface area contributed by atoms with Gasteiger partial charge in [0.1, 0.15) is 11.5 Å². The van der Waals surface area contributed by atoms with E-state index in [0.717, 1.165) is 27.9 Å². The van der Waals surface area contributed by atoms with Crippen molar-refractivity contribution in [1.29, 1.82) is 0 Å². The van der Waals surface area contributed by atoms with E-state index >= 15 is 0 Å². The molecule has 176 valence electrons. The van der Waals surface area contributed by atoms with Gasteiger partial charge < -0.3 is 14.4 Å². The molecule has 2 aromatic carbocycles. The van der Waals surface area contributed by atoms with Gasteiger partial charge in [-0.25, -0.2) is 13.4 Å². The molecule has 1 fully saturated rings. The predicted molar refractivity (Wildman–Crippen MR) is 133 cm³/mol. The molecule has 10 heteroatoms. The van der Waals surface area contributed by atoms with E-state index in [2.05, 4.69) is 4.90 Å². The maximum Gasteiger partial charge on any atom is 0.185 e. The van der Waals surface area contributed by atoms with Crippen molar-refractivity contribution in [2.24, 2.45) is 0 Å². The Balaban J connectivity index is 1.43. The van der Waals surface area contributed by atoms with E-state index in [-0.39, 0.29) is 9.92 Å². The standard InChI is InChI=1S/C23H24Cl2N2O4S2/c1-30-18-5-3-15(21(13-18)31-2)11-17-14-32-23(26-17)27-9-7-19(8-10-27)33(28,29)22-12-16(24)4-6-20(22)25/h3-6,12-14,19H,7-11H2,1-2H3. The predicted octanol–water partition coefficient (Wildman–Crippen LogP) is 5.50. The van der Waals surface area contributed by atoms with Crippen LogP contribution < -0.4 is 14.4 Å². The number of benzene rings is 2. The van der Waals surface area contributed by atoms with Crippen LogP contribution in [0.3, 0.4) is 0 Å². The van der Waals surface area contributed by atoms with Crippen LogP contribution in [0.15, 0.2) is 46.7 Å². The third kappa shape index (κ3) is 5.24. The van der Waals surface area contributed by atoms with Gasteiger partial charge in [-0.15, -0.1) is 11.3 Å². The number of methoxy groups -OCH3 is 2. The second-order valence-corrected chi connectivity index (χ2v) is 11.7. The van der Waals surface area contributed by atoms with E-state index in [0.29, 0.717) is 37.4 Å². The molecule has 1 saturated heterocycles. The Labute approximate surface area is 208 Å². The summed E-state index contributed by atoms with van der Waals surface area (Å²) in [6.45, 7) is 1.22. The molecule has 0 radical (unpaired) electrons. The average molecular weight is 527 g/mol. The van der Waals surface area contributed by atoms with Crippen molar-refractivity contribution in [1.82, 2.24) is 4.98 Å². The van der Waals surface area contributed by atoms with Gasteiger partial charge in [0.25, 0.3) is 0 Å². The van der Waals surface area contributed by atoms with Gasteiger partial charge in [0.05, 0.1) is 35.1 Å². The summed E-state index contributed by atoms with van der Waals surface area (Å²) in [4.78, 5) is 7.04. The maximum absolute atomic E-state index is 13.1. The molecule has 1 aliphatic heterocycles. The highest BCUT2D eigenvalue weighted by Crippen LogP contribution is 2.34. The van der Waals surface area contributed by atoms with Crippen LogP contribution in [0, 0.1) is 0 Å². The van der Waals surface area contributed by atoms with Crippen LogP contribution in [-0.4, -0.2) is 46.0 Å². The lowest BCUT2D eigenvalue weighted by Gasteiger charge is -2.31. The van der Waals surface area contributed by atoms with Crippen molar-refractivity contribution < 1.29 is 17.9 Å². The van der Waals surface area contributed by atoms with E-state index < -0.39 is 15.1 Å². The molecule has 0 amide bonds. The van der Waals surface area contributed by atoms with Crippen LogP contribution in [-0.2, 0) is 16.3 Å². The Bertz CT molecular complexity index is 1240. The molecule has 1 aromatic heterocycles. The zero-order chi connectivity index (χ0) is 23.6. The molecule has 0 bridgehead atoms. The fraction of sp³-hybridized carbons (Fsp3) is 0.348. The minimum atomic E-state index is -3.55. The number of anilines is 1. The zero-order valence-electron chi connectivity index (χ0n) is 18.3. The third-order valence-corrected chi connectivity index (χ3v) is 9.68. The number of rotatable bonds is 7. The molecule has 0 N–H and O–H groups in total. The van der Waals surface area contributed by atoms with Gasteiger partial charge in [0, 0.05) is 41.5 Å². The highest BCUT2D eigenvalue weighted by molar-refractivity contribution is 7.92. The van der Waals surface area contributed by atoms with Crippen LogP contribution >= 0.6 is 34.5 Å². The van der Waals surface area contributed by atoms with E-state index in [1.807, 2.05) is 23.6 Å². The second kappa shape index (κ2) is 10.1. The summed E-state index contributed by atoms with van der Waals surface area (Å²) in [6, 6.07) is 10.3. The Morgan fingerprint density at radius 1 is 1.09 bits per heavy atom. The molecular weight excluding hydrogens is 503 g/mol. The van der Waals surface area contributed by atoms with E-state index in [9.17, 15) is 8.42 Å². The Morgan fingerprint density at radius 2 is 1.85 bits per heavy atom. The molecule has 0 unspecified atom stereocenters. The van der Waals surface area contributed by atoms with Crippen molar-refractivity contribution in [2.45, 2.75) is 29.4 Å². The lowest BCUT2D eigenvalue weighted by molar-refractivity contribution is 0.391.